The summed E-state index contributed by atoms with van der Waals surface area (Å²) in [7, 11) is 0. The van der Waals surface area contributed by atoms with Crippen LogP contribution in [-0.4, -0.2) is 11.8 Å². The summed E-state index contributed by atoms with van der Waals surface area (Å²) >= 11 is 3.85. The normalized spacial score (nSPS) is 27.4. The highest BCUT2D eigenvalue weighted by Crippen LogP contribution is 2.22. The van der Waals surface area contributed by atoms with Gasteiger partial charge < -0.3 is 17.2 Å². The molecular weight excluding hydrogens is 184 g/mol. The van der Waals surface area contributed by atoms with Gasteiger partial charge in [-0.15, -0.1) is 0 Å². The van der Waals surface area contributed by atoms with E-state index < -0.39 is 0 Å². The molecule has 0 bridgehead atoms. The molecule has 0 aliphatic heterocycles. The molecule has 0 saturated heterocycles. The molecular formula is C8H14N4S. The van der Waals surface area contributed by atoms with Crippen LogP contribution in [0.4, 0.5) is 0 Å². The Morgan fingerprint density at radius 2 is 1.77 bits per heavy atom. The second kappa shape index (κ2) is 3.43. The lowest BCUT2D eigenvalue weighted by atomic mass is 9.90. The molecule has 1 unspecified atom stereocenters. The minimum absolute atomic E-state index is 0.287. The Bertz CT molecular complexity index is 325. The fourth-order valence-electron chi connectivity index (χ4n) is 1.30. The van der Waals surface area contributed by atoms with Crippen LogP contribution in [0.5, 0.6) is 0 Å². The summed E-state index contributed by atoms with van der Waals surface area (Å²) in [5, 5.41) is 0. The molecule has 1 aliphatic carbocycles. The van der Waals surface area contributed by atoms with Gasteiger partial charge in [0.05, 0.1) is 23.1 Å². The van der Waals surface area contributed by atoms with Crippen molar-refractivity contribution in [1.29, 1.82) is 0 Å². The van der Waals surface area contributed by atoms with Crippen molar-refractivity contribution in [3.8, 4) is 0 Å². The maximum absolute atomic E-state index is 5.87. The third kappa shape index (κ3) is 1.45. The number of nitrogens with zero attached hydrogens (tertiary/aromatic N) is 1. The number of thiol groups is 1. The molecule has 0 amide bonds. The summed E-state index contributed by atoms with van der Waals surface area (Å²) in [5.41, 5.74) is 20.8. The summed E-state index contributed by atoms with van der Waals surface area (Å²) in [6, 6.07) is -0.287. The largest absolute Gasteiger partial charge is 0.397 e. The topological polar surface area (TPSA) is 90.4 Å². The van der Waals surface area contributed by atoms with E-state index in [1.165, 1.54) is 0 Å². The van der Waals surface area contributed by atoms with E-state index in [1.807, 2.05) is 13.8 Å². The van der Waals surface area contributed by atoms with Gasteiger partial charge in [-0.3, -0.25) is 0 Å². The molecule has 0 aromatic rings. The Morgan fingerprint density at radius 1 is 1.23 bits per heavy atom. The Labute approximate surface area is 83.1 Å². The van der Waals surface area contributed by atoms with E-state index in [9.17, 15) is 0 Å². The predicted molar refractivity (Wildman–Crippen MR) is 58.2 cm³/mol. The van der Waals surface area contributed by atoms with Crippen LogP contribution in [0.25, 0.3) is 0 Å². The standard InChI is InChI=1S/C8H14N4S/c1-3-5(9)6(10)4(2)8(12-13)7(3)11/h7,13H,9-11H2,1-2H3/b12-8-. The summed E-state index contributed by atoms with van der Waals surface area (Å²) < 4.78 is 3.80. The van der Waals surface area contributed by atoms with Crippen molar-refractivity contribution < 1.29 is 0 Å². The molecule has 0 fully saturated rings. The zero-order chi connectivity index (χ0) is 10.2. The van der Waals surface area contributed by atoms with Crippen LogP contribution in [0.15, 0.2) is 26.9 Å². The third-order valence-corrected chi connectivity index (χ3v) is 2.59. The van der Waals surface area contributed by atoms with Gasteiger partial charge in [0, 0.05) is 0 Å². The summed E-state index contributed by atoms with van der Waals surface area (Å²) in [5.74, 6) is 0. The van der Waals surface area contributed by atoms with E-state index in [2.05, 4.69) is 17.2 Å². The highest BCUT2D eigenvalue weighted by Gasteiger charge is 2.24. The van der Waals surface area contributed by atoms with E-state index >= 15 is 0 Å². The first-order valence-corrected chi connectivity index (χ1v) is 4.31. The maximum atomic E-state index is 5.87. The number of hydrogen-bond donors (Lipinski definition) is 4. The minimum Gasteiger partial charge on any atom is -0.397 e. The lowest BCUT2D eigenvalue weighted by Gasteiger charge is -2.24. The summed E-state index contributed by atoms with van der Waals surface area (Å²) in [4.78, 5) is 0. The first-order valence-electron chi connectivity index (χ1n) is 3.91. The van der Waals surface area contributed by atoms with Crippen LogP contribution in [-0.2, 0) is 0 Å². The highest BCUT2D eigenvalue weighted by atomic mass is 32.1. The Hall–Kier alpha value is -0.940. The van der Waals surface area contributed by atoms with Gasteiger partial charge in [-0.05, 0) is 37.8 Å². The second-order valence-electron chi connectivity index (χ2n) is 3.10. The molecule has 0 saturated carbocycles. The lowest BCUT2D eigenvalue weighted by molar-refractivity contribution is 0.934. The Balaban J connectivity index is 3.32. The van der Waals surface area contributed by atoms with Crippen LogP contribution in [0, 0.1) is 0 Å². The number of rotatable bonds is 0. The van der Waals surface area contributed by atoms with Crippen LogP contribution in [0.3, 0.4) is 0 Å². The van der Waals surface area contributed by atoms with E-state index in [-0.39, 0.29) is 6.04 Å². The fraction of sp³-hybridized carbons (Fsp3) is 0.375. The molecule has 0 spiro atoms. The van der Waals surface area contributed by atoms with E-state index in [0.717, 1.165) is 11.1 Å². The lowest BCUT2D eigenvalue weighted by Crippen LogP contribution is -2.39. The zero-order valence-electron chi connectivity index (χ0n) is 7.70. The fourth-order valence-corrected chi connectivity index (χ4v) is 1.57. The van der Waals surface area contributed by atoms with E-state index in [0.29, 0.717) is 17.1 Å². The van der Waals surface area contributed by atoms with Crippen molar-refractivity contribution in [2.75, 3.05) is 0 Å². The average Bonchev–Trinajstić information content (AvgIpc) is 2.13. The predicted octanol–water partition coefficient (Wildman–Crippen LogP) is 0.0785. The van der Waals surface area contributed by atoms with Gasteiger partial charge in [-0.25, -0.2) is 4.40 Å². The van der Waals surface area contributed by atoms with Gasteiger partial charge in [-0.1, -0.05) is 0 Å². The molecule has 1 rings (SSSR count). The van der Waals surface area contributed by atoms with Crippen molar-refractivity contribution in [3.05, 3.63) is 22.5 Å². The van der Waals surface area contributed by atoms with Gasteiger partial charge in [0.1, 0.15) is 0 Å². The third-order valence-electron chi connectivity index (χ3n) is 2.37. The first kappa shape index (κ1) is 10.1. The maximum Gasteiger partial charge on any atom is 0.0744 e. The van der Waals surface area contributed by atoms with Gasteiger partial charge in [0.2, 0.25) is 0 Å². The quantitative estimate of drug-likeness (QED) is 0.415. The molecule has 72 valence electrons. The smallest absolute Gasteiger partial charge is 0.0744 e. The molecule has 13 heavy (non-hydrogen) atoms. The van der Waals surface area contributed by atoms with Gasteiger partial charge in [0.15, 0.2) is 0 Å². The van der Waals surface area contributed by atoms with Crippen LogP contribution in [0.1, 0.15) is 13.8 Å². The van der Waals surface area contributed by atoms with Gasteiger partial charge >= 0.3 is 0 Å². The van der Waals surface area contributed by atoms with Crippen LogP contribution in [0.2, 0.25) is 0 Å². The molecule has 4 nitrogen and oxygen atoms in total. The number of nitrogens with two attached hydrogens (primary N) is 3. The monoisotopic (exact) mass is 198 g/mol. The molecule has 6 N–H and O–H groups in total. The Kier molecular flexibility index (Phi) is 2.68. The van der Waals surface area contributed by atoms with Crippen molar-refractivity contribution in [2.45, 2.75) is 19.9 Å². The van der Waals surface area contributed by atoms with Crippen LogP contribution < -0.4 is 17.2 Å². The molecule has 0 aromatic heterocycles. The number of hydrogen-bond acceptors (Lipinski definition) is 5. The van der Waals surface area contributed by atoms with Crippen molar-refractivity contribution in [2.24, 2.45) is 21.6 Å². The SMILES string of the molecule is CC1=C(N)C(N)=C(C)C(N)/C1=N\S. The first-order chi connectivity index (χ1) is 6.00. The molecule has 0 radical (unpaired) electrons. The van der Waals surface area contributed by atoms with Gasteiger partial charge in [-0.2, -0.15) is 0 Å². The molecule has 0 heterocycles. The highest BCUT2D eigenvalue weighted by molar-refractivity contribution is 7.79. The van der Waals surface area contributed by atoms with E-state index in [4.69, 9.17) is 17.2 Å². The van der Waals surface area contributed by atoms with Crippen molar-refractivity contribution in [3.63, 3.8) is 0 Å². The zero-order valence-corrected chi connectivity index (χ0v) is 8.60. The van der Waals surface area contributed by atoms with Crippen molar-refractivity contribution in [1.82, 2.24) is 0 Å². The molecule has 5 heteroatoms. The van der Waals surface area contributed by atoms with Gasteiger partial charge in [0.25, 0.3) is 0 Å². The second-order valence-corrected chi connectivity index (χ2v) is 3.30. The van der Waals surface area contributed by atoms with Crippen LogP contribution >= 0.6 is 12.8 Å². The summed E-state index contributed by atoms with van der Waals surface area (Å²) in [6.45, 7) is 3.68. The summed E-state index contributed by atoms with van der Waals surface area (Å²) in [6.07, 6.45) is 0. The minimum atomic E-state index is -0.287. The average molecular weight is 198 g/mol. The molecule has 1 atom stereocenters. The Morgan fingerprint density at radius 3 is 2.23 bits per heavy atom. The molecule has 1 aliphatic rings. The van der Waals surface area contributed by atoms with Crippen molar-refractivity contribution >= 4 is 18.5 Å². The van der Waals surface area contributed by atoms with E-state index in [1.54, 1.807) is 0 Å². The molecule has 0 aromatic carbocycles.